The summed E-state index contributed by atoms with van der Waals surface area (Å²) in [7, 11) is -0.397. The van der Waals surface area contributed by atoms with E-state index in [1.807, 2.05) is 17.5 Å². The van der Waals surface area contributed by atoms with Crippen molar-refractivity contribution in [3.63, 3.8) is 0 Å². The van der Waals surface area contributed by atoms with Gasteiger partial charge in [-0.15, -0.1) is 11.3 Å². The molecule has 0 spiro atoms. The first-order valence-electron chi connectivity index (χ1n) is 11.0. The zero-order chi connectivity index (χ0) is 24.1. The molecule has 34 heavy (non-hydrogen) atoms. The Balaban J connectivity index is 1.46. The van der Waals surface area contributed by atoms with E-state index < -0.39 is 10.0 Å². The van der Waals surface area contributed by atoms with Gasteiger partial charge in [-0.05, 0) is 49.2 Å². The van der Waals surface area contributed by atoms with E-state index in [0.29, 0.717) is 41.0 Å². The van der Waals surface area contributed by atoms with E-state index in [1.54, 1.807) is 24.6 Å². The fraction of sp³-hybridized carbons (Fsp3) is 0.333. The highest BCUT2D eigenvalue weighted by molar-refractivity contribution is 7.89. The quantitative estimate of drug-likeness (QED) is 0.506. The highest BCUT2D eigenvalue weighted by Crippen LogP contribution is 2.35. The van der Waals surface area contributed by atoms with Crippen LogP contribution in [0.25, 0.3) is 11.3 Å². The van der Waals surface area contributed by atoms with E-state index >= 15 is 0 Å². The molecule has 0 aliphatic carbocycles. The maximum atomic E-state index is 12.9. The van der Waals surface area contributed by atoms with Crippen LogP contribution in [0.5, 0.6) is 11.5 Å². The van der Waals surface area contributed by atoms with Crippen molar-refractivity contribution in [3.05, 3.63) is 53.4 Å². The monoisotopic (exact) mass is 501 g/mol. The van der Waals surface area contributed by atoms with E-state index in [4.69, 9.17) is 9.47 Å². The van der Waals surface area contributed by atoms with E-state index in [9.17, 15) is 13.2 Å². The summed E-state index contributed by atoms with van der Waals surface area (Å²) in [4.78, 5) is 17.4. The van der Waals surface area contributed by atoms with Crippen molar-refractivity contribution in [2.24, 2.45) is 0 Å². The molecule has 1 fully saturated rings. The van der Waals surface area contributed by atoms with Crippen LogP contribution in [0.15, 0.2) is 52.7 Å². The van der Waals surface area contributed by atoms with Gasteiger partial charge in [-0.1, -0.05) is 12.8 Å². The first-order chi connectivity index (χ1) is 16.4. The number of methoxy groups -OCH3 is 2. The summed E-state index contributed by atoms with van der Waals surface area (Å²) >= 11 is 1.29. The third-order valence-corrected chi connectivity index (χ3v) is 8.40. The van der Waals surface area contributed by atoms with Crippen molar-refractivity contribution in [1.82, 2.24) is 9.29 Å². The highest BCUT2D eigenvalue weighted by Gasteiger charge is 2.25. The molecule has 180 valence electrons. The molecule has 4 rings (SSSR count). The second-order valence-electron chi connectivity index (χ2n) is 7.90. The summed E-state index contributed by atoms with van der Waals surface area (Å²) in [5.74, 6) is 0.927. The Morgan fingerprint density at radius 1 is 1.00 bits per heavy atom. The average Bonchev–Trinajstić information content (AvgIpc) is 3.13. The van der Waals surface area contributed by atoms with Crippen LogP contribution < -0.4 is 14.8 Å². The van der Waals surface area contributed by atoms with Gasteiger partial charge >= 0.3 is 0 Å². The van der Waals surface area contributed by atoms with Crippen LogP contribution in [0.3, 0.4) is 0 Å². The molecule has 1 aromatic heterocycles. The first-order valence-corrected chi connectivity index (χ1v) is 13.3. The fourth-order valence-corrected chi connectivity index (χ4v) is 6.07. The minimum atomic E-state index is -3.56. The summed E-state index contributed by atoms with van der Waals surface area (Å²) in [6, 6.07) is 11.5. The van der Waals surface area contributed by atoms with Gasteiger partial charge in [0.15, 0.2) is 5.13 Å². The predicted octanol–water partition coefficient (Wildman–Crippen LogP) is 4.64. The van der Waals surface area contributed by atoms with Gasteiger partial charge in [-0.2, -0.15) is 4.31 Å². The summed E-state index contributed by atoms with van der Waals surface area (Å²) in [6.07, 6.45) is 3.85. The number of ether oxygens (including phenoxy) is 2. The minimum absolute atomic E-state index is 0.203. The number of amides is 1. The lowest BCUT2D eigenvalue weighted by Crippen LogP contribution is -2.31. The van der Waals surface area contributed by atoms with Crippen LogP contribution in [0.4, 0.5) is 5.13 Å². The molecule has 1 amide bonds. The van der Waals surface area contributed by atoms with E-state index in [1.165, 1.54) is 35.6 Å². The standard InChI is InChI=1S/C24H27N3O5S2/c1-31-18-9-12-20(22(15-18)32-2)21-16-33-24(25-21)26-23(28)17-7-10-19(11-8-17)34(29,30)27-13-5-3-4-6-14-27/h7-12,15-16H,3-6,13-14H2,1-2H3,(H,25,26,28). The fourth-order valence-electron chi connectivity index (χ4n) is 3.84. The van der Waals surface area contributed by atoms with Gasteiger partial charge in [0.1, 0.15) is 11.5 Å². The van der Waals surface area contributed by atoms with Crippen molar-refractivity contribution in [2.45, 2.75) is 30.6 Å². The Kier molecular flexibility index (Phi) is 7.50. The molecule has 1 aliphatic rings. The lowest BCUT2D eigenvalue weighted by molar-refractivity contribution is 0.102. The van der Waals surface area contributed by atoms with Gasteiger partial charge in [0, 0.05) is 35.7 Å². The van der Waals surface area contributed by atoms with Crippen LogP contribution in [0.1, 0.15) is 36.0 Å². The summed E-state index contributed by atoms with van der Waals surface area (Å²) in [5, 5.41) is 5.04. The number of benzene rings is 2. The van der Waals surface area contributed by atoms with Crippen molar-refractivity contribution in [3.8, 4) is 22.8 Å². The molecule has 0 atom stereocenters. The van der Waals surface area contributed by atoms with Crippen molar-refractivity contribution in [2.75, 3.05) is 32.6 Å². The number of rotatable bonds is 7. The minimum Gasteiger partial charge on any atom is -0.497 e. The smallest absolute Gasteiger partial charge is 0.257 e. The Bertz CT molecular complexity index is 1250. The molecule has 0 radical (unpaired) electrons. The molecule has 2 aromatic carbocycles. The zero-order valence-electron chi connectivity index (χ0n) is 19.1. The molecule has 2 heterocycles. The lowest BCUT2D eigenvalue weighted by atomic mass is 10.1. The second-order valence-corrected chi connectivity index (χ2v) is 10.7. The number of nitrogens with one attached hydrogen (secondary N) is 1. The maximum Gasteiger partial charge on any atom is 0.257 e. The number of carbonyl (C=O) groups excluding carboxylic acids is 1. The van der Waals surface area contributed by atoms with Crippen LogP contribution in [-0.2, 0) is 10.0 Å². The SMILES string of the molecule is COc1ccc(-c2csc(NC(=O)c3ccc(S(=O)(=O)N4CCCCCC4)cc3)n2)c(OC)c1. The zero-order valence-corrected chi connectivity index (χ0v) is 20.7. The first kappa shape index (κ1) is 24.2. The largest absolute Gasteiger partial charge is 0.497 e. The second kappa shape index (κ2) is 10.5. The summed E-state index contributed by atoms with van der Waals surface area (Å²) in [6.45, 7) is 1.08. The number of carbonyl (C=O) groups is 1. The molecular weight excluding hydrogens is 474 g/mol. The third kappa shape index (κ3) is 5.24. The molecule has 0 saturated carbocycles. The number of hydrogen-bond acceptors (Lipinski definition) is 7. The highest BCUT2D eigenvalue weighted by atomic mass is 32.2. The van der Waals surface area contributed by atoms with E-state index in [0.717, 1.165) is 31.2 Å². The van der Waals surface area contributed by atoms with E-state index in [2.05, 4.69) is 10.3 Å². The molecule has 3 aromatic rings. The van der Waals surface area contributed by atoms with Gasteiger partial charge < -0.3 is 9.47 Å². The van der Waals surface area contributed by atoms with Crippen LogP contribution in [-0.4, -0.2) is 50.9 Å². The number of thiazole rings is 1. The van der Waals surface area contributed by atoms with Crippen molar-refractivity contribution < 1.29 is 22.7 Å². The Labute approximate surface area is 203 Å². The molecule has 0 bridgehead atoms. The van der Waals surface area contributed by atoms with E-state index in [-0.39, 0.29) is 10.8 Å². The summed E-state index contributed by atoms with van der Waals surface area (Å²) < 4.78 is 38.1. The number of aromatic nitrogens is 1. The number of sulfonamides is 1. The molecular formula is C24H27N3O5S2. The Morgan fingerprint density at radius 2 is 1.71 bits per heavy atom. The van der Waals surface area contributed by atoms with Gasteiger partial charge in [0.2, 0.25) is 10.0 Å². The van der Waals surface area contributed by atoms with Crippen LogP contribution in [0, 0.1) is 0 Å². The van der Waals surface area contributed by atoms with Gasteiger partial charge in [0.25, 0.3) is 5.91 Å². The maximum absolute atomic E-state index is 12.9. The normalized spacial score (nSPS) is 14.9. The third-order valence-electron chi connectivity index (χ3n) is 5.73. The molecule has 8 nitrogen and oxygen atoms in total. The number of anilines is 1. The van der Waals surface area contributed by atoms with Gasteiger partial charge in [-0.25, -0.2) is 13.4 Å². The van der Waals surface area contributed by atoms with Crippen LogP contribution in [0.2, 0.25) is 0 Å². The number of nitrogens with zero attached hydrogens (tertiary/aromatic N) is 2. The van der Waals surface area contributed by atoms with Crippen molar-refractivity contribution >= 4 is 32.4 Å². The van der Waals surface area contributed by atoms with Crippen molar-refractivity contribution in [1.29, 1.82) is 0 Å². The average molecular weight is 502 g/mol. The Hall–Kier alpha value is -2.95. The molecule has 1 saturated heterocycles. The number of hydrogen-bond donors (Lipinski definition) is 1. The molecule has 10 heteroatoms. The topological polar surface area (TPSA) is 97.8 Å². The Morgan fingerprint density at radius 3 is 2.35 bits per heavy atom. The molecule has 1 N–H and O–H groups in total. The van der Waals surface area contributed by atoms with Crippen LogP contribution >= 0.6 is 11.3 Å². The van der Waals surface area contributed by atoms with Gasteiger partial charge in [-0.3, -0.25) is 10.1 Å². The molecule has 1 aliphatic heterocycles. The summed E-state index contributed by atoms with van der Waals surface area (Å²) in [5.41, 5.74) is 1.80. The van der Waals surface area contributed by atoms with Gasteiger partial charge in [0.05, 0.1) is 24.8 Å². The predicted molar refractivity (Wildman–Crippen MR) is 132 cm³/mol. The molecule has 0 unspecified atom stereocenters. The lowest BCUT2D eigenvalue weighted by Gasteiger charge is -2.20.